The Balaban J connectivity index is 1.65. The number of carbonyl (C=O) groups excluding carboxylic acids is 3. The molecule has 32 heavy (non-hydrogen) atoms. The van der Waals surface area contributed by atoms with Gasteiger partial charge in [-0.25, -0.2) is 0 Å². The summed E-state index contributed by atoms with van der Waals surface area (Å²) in [7, 11) is 0. The monoisotopic (exact) mass is 463 g/mol. The lowest BCUT2D eigenvalue weighted by atomic mass is 10.1. The smallest absolute Gasteiger partial charge is 0.267 e. The van der Waals surface area contributed by atoms with Gasteiger partial charge in [0.2, 0.25) is 5.91 Å². The fraction of sp³-hybridized carbons (Fsp3) is 0.167. The van der Waals surface area contributed by atoms with Crippen LogP contribution in [-0.4, -0.2) is 40.0 Å². The highest BCUT2D eigenvalue weighted by atomic mass is 32.2. The van der Waals surface area contributed by atoms with Crippen molar-refractivity contribution >= 4 is 63.0 Å². The quantitative estimate of drug-likeness (QED) is 0.412. The van der Waals surface area contributed by atoms with Gasteiger partial charge in [-0.15, -0.1) is 6.58 Å². The van der Waals surface area contributed by atoms with Crippen molar-refractivity contribution in [2.24, 2.45) is 0 Å². The Morgan fingerprint density at radius 1 is 1.12 bits per heavy atom. The molecule has 2 aromatic carbocycles. The molecule has 0 atom stereocenters. The van der Waals surface area contributed by atoms with Gasteiger partial charge in [-0.2, -0.15) is 0 Å². The standard InChI is InChI=1S/C24H21N3O3S2/c1-4-11-26-23(30)21(32-24(26)31)20-16-7-5-6-8-18(16)27(22(20)29)13-19(28)25-17-10-9-14(2)12-15(17)3/h4-10,12H,1,11,13H2,2-3H3,(H,25,28)/b21-20-. The number of thiocarbonyl (C=S) groups is 1. The number of thioether (sulfide) groups is 1. The van der Waals surface area contributed by atoms with Crippen molar-refractivity contribution in [3.63, 3.8) is 0 Å². The first-order valence-corrected chi connectivity index (χ1v) is 11.2. The van der Waals surface area contributed by atoms with Crippen LogP contribution in [0.3, 0.4) is 0 Å². The molecule has 0 bridgehead atoms. The number of amides is 3. The molecule has 0 aromatic heterocycles. The number of anilines is 2. The number of nitrogens with one attached hydrogen (secondary N) is 1. The van der Waals surface area contributed by atoms with Gasteiger partial charge in [0.05, 0.1) is 16.2 Å². The molecule has 1 saturated heterocycles. The molecule has 2 aliphatic heterocycles. The summed E-state index contributed by atoms with van der Waals surface area (Å²) >= 11 is 6.43. The molecule has 0 radical (unpaired) electrons. The largest absolute Gasteiger partial charge is 0.324 e. The van der Waals surface area contributed by atoms with Crippen molar-refractivity contribution in [2.45, 2.75) is 13.8 Å². The second-order valence-corrected chi connectivity index (χ2v) is 9.20. The van der Waals surface area contributed by atoms with Crippen molar-refractivity contribution in [3.8, 4) is 0 Å². The van der Waals surface area contributed by atoms with E-state index < -0.39 is 0 Å². The number of benzene rings is 2. The molecule has 2 aromatic rings. The van der Waals surface area contributed by atoms with Crippen LogP contribution in [0.2, 0.25) is 0 Å². The molecule has 1 N–H and O–H groups in total. The Hall–Kier alpha value is -3.23. The zero-order chi connectivity index (χ0) is 23.0. The van der Waals surface area contributed by atoms with Gasteiger partial charge in [-0.05, 0) is 31.5 Å². The lowest BCUT2D eigenvalue weighted by Gasteiger charge is -2.17. The van der Waals surface area contributed by atoms with Gasteiger partial charge in [-0.1, -0.05) is 66.0 Å². The highest BCUT2D eigenvalue weighted by molar-refractivity contribution is 8.26. The van der Waals surface area contributed by atoms with E-state index in [1.165, 1.54) is 9.80 Å². The van der Waals surface area contributed by atoms with Crippen molar-refractivity contribution in [3.05, 3.63) is 76.7 Å². The molecule has 8 heteroatoms. The summed E-state index contributed by atoms with van der Waals surface area (Å²) in [6, 6.07) is 12.9. The van der Waals surface area contributed by atoms with Crippen molar-refractivity contribution in [2.75, 3.05) is 23.3 Å². The number of rotatable bonds is 5. The Labute approximate surface area is 196 Å². The number of hydrogen-bond acceptors (Lipinski definition) is 5. The minimum absolute atomic E-state index is 0.167. The first-order chi connectivity index (χ1) is 15.3. The number of para-hydroxylation sites is 1. The van der Waals surface area contributed by atoms with Crippen LogP contribution in [0.4, 0.5) is 11.4 Å². The van der Waals surface area contributed by atoms with Crippen LogP contribution in [0.5, 0.6) is 0 Å². The van der Waals surface area contributed by atoms with E-state index in [2.05, 4.69) is 11.9 Å². The number of aryl methyl sites for hydroxylation is 2. The van der Waals surface area contributed by atoms with Crippen LogP contribution in [0.1, 0.15) is 16.7 Å². The van der Waals surface area contributed by atoms with Crippen molar-refractivity contribution < 1.29 is 14.4 Å². The number of hydrogen-bond donors (Lipinski definition) is 1. The third-order valence-electron chi connectivity index (χ3n) is 5.27. The molecular formula is C24H21N3O3S2. The van der Waals surface area contributed by atoms with E-state index in [1.807, 2.05) is 32.0 Å². The fourth-order valence-electron chi connectivity index (χ4n) is 3.78. The van der Waals surface area contributed by atoms with E-state index in [0.29, 0.717) is 21.3 Å². The minimum atomic E-state index is -0.388. The molecule has 1 fully saturated rings. The predicted molar refractivity (Wildman–Crippen MR) is 132 cm³/mol. The van der Waals surface area contributed by atoms with E-state index in [-0.39, 0.29) is 41.3 Å². The summed E-state index contributed by atoms with van der Waals surface area (Å²) in [5.74, 6) is -1.03. The lowest BCUT2D eigenvalue weighted by Crippen LogP contribution is -2.35. The summed E-state index contributed by atoms with van der Waals surface area (Å²) in [4.78, 5) is 42.3. The molecule has 2 heterocycles. The third kappa shape index (κ3) is 3.87. The highest BCUT2D eigenvalue weighted by Gasteiger charge is 2.42. The SMILES string of the molecule is C=CCN1C(=O)/C(=C2/C(=O)N(CC(=O)Nc3ccc(C)cc3C)c3ccccc32)SC1=S. The number of carbonyl (C=O) groups is 3. The maximum absolute atomic E-state index is 13.4. The summed E-state index contributed by atoms with van der Waals surface area (Å²) < 4.78 is 0.383. The van der Waals surface area contributed by atoms with Crippen LogP contribution in [-0.2, 0) is 14.4 Å². The predicted octanol–water partition coefficient (Wildman–Crippen LogP) is 4.05. The third-order valence-corrected chi connectivity index (χ3v) is 6.72. The molecular weight excluding hydrogens is 442 g/mol. The van der Waals surface area contributed by atoms with E-state index >= 15 is 0 Å². The molecule has 162 valence electrons. The van der Waals surface area contributed by atoms with Gasteiger partial charge in [-0.3, -0.25) is 24.2 Å². The Morgan fingerprint density at radius 3 is 2.59 bits per heavy atom. The second kappa shape index (κ2) is 8.72. The van der Waals surface area contributed by atoms with Crippen molar-refractivity contribution in [1.29, 1.82) is 0 Å². The Bertz CT molecular complexity index is 1220. The Morgan fingerprint density at radius 2 is 1.88 bits per heavy atom. The van der Waals surface area contributed by atoms with E-state index in [4.69, 9.17) is 12.2 Å². The van der Waals surface area contributed by atoms with Crippen molar-refractivity contribution in [1.82, 2.24) is 4.90 Å². The average molecular weight is 464 g/mol. The highest BCUT2D eigenvalue weighted by Crippen LogP contribution is 2.44. The van der Waals surface area contributed by atoms with E-state index in [1.54, 1.807) is 30.3 Å². The molecule has 2 aliphatic rings. The summed E-state index contributed by atoms with van der Waals surface area (Å²) in [5, 5.41) is 2.88. The van der Waals surface area contributed by atoms with Gasteiger partial charge >= 0.3 is 0 Å². The first-order valence-electron chi connectivity index (χ1n) is 9.99. The minimum Gasteiger partial charge on any atom is -0.324 e. The van der Waals surface area contributed by atoms with E-state index in [9.17, 15) is 14.4 Å². The van der Waals surface area contributed by atoms with Crippen LogP contribution in [0.25, 0.3) is 5.57 Å². The fourth-order valence-corrected chi connectivity index (χ4v) is 5.13. The van der Waals surface area contributed by atoms with Gasteiger partial charge in [0.25, 0.3) is 11.8 Å². The maximum Gasteiger partial charge on any atom is 0.267 e. The topological polar surface area (TPSA) is 69.7 Å². The summed E-state index contributed by atoms with van der Waals surface area (Å²) in [6.45, 7) is 7.67. The molecule has 4 rings (SSSR count). The maximum atomic E-state index is 13.4. The van der Waals surface area contributed by atoms with Gasteiger partial charge in [0.15, 0.2) is 0 Å². The molecule has 0 saturated carbocycles. The zero-order valence-corrected chi connectivity index (χ0v) is 19.3. The average Bonchev–Trinajstić information content (AvgIpc) is 3.18. The first kappa shape index (κ1) is 22.0. The van der Waals surface area contributed by atoms with Gasteiger partial charge in [0.1, 0.15) is 10.9 Å². The van der Waals surface area contributed by atoms with E-state index in [0.717, 1.165) is 22.9 Å². The molecule has 0 aliphatic carbocycles. The van der Waals surface area contributed by atoms with Crippen LogP contribution >= 0.6 is 24.0 Å². The lowest BCUT2D eigenvalue weighted by molar-refractivity contribution is -0.122. The van der Waals surface area contributed by atoms with Gasteiger partial charge < -0.3 is 5.32 Å². The second-order valence-electron chi connectivity index (χ2n) is 7.55. The zero-order valence-electron chi connectivity index (χ0n) is 17.7. The molecule has 0 spiro atoms. The summed E-state index contributed by atoms with van der Waals surface area (Å²) in [5.41, 5.74) is 4.24. The molecule has 3 amide bonds. The summed E-state index contributed by atoms with van der Waals surface area (Å²) in [6.07, 6.45) is 1.59. The molecule has 0 unspecified atom stereocenters. The number of nitrogens with zero attached hydrogens (tertiary/aromatic N) is 2. The normalized spacial score (nSPS) is 17.8. The molecule has 6 nitrogen and oxygen atoms in total. The van der Waals surface area contributed by atoms with Crippen LogP contribution in [0.15, 0.2) is 60.0 Å². The number of fused-ring (bicyclic) bond motifs is 1. The van der Waals surface area contributed by atoms with Crippen LogP contribution in [0, 0.1) is 13.8 Å². The van der Waals surface area contributed by atoms with Gasteiger partial charge in [0, 0.05) is 17.8 Å². The van der Waals surface area contributed by atoms with Crippen LogP contribution < -0.4 is 10.2 Å². The Kier molecular flexibility index (Phi) is 5.99.